The van der Waals surface area contributed by atoms with Crippen LogP contribution in [0.5, 0.6) is 0 Å². The van der Waals surface area contributed by atoms with E-state index < -0.39 is 40.2 Å². The smallest absolute Gasteiger partial charge is 0.244 e. The maximum atomic E-state index is 13.8. The van der Waals surface area contributed by atoms with Gasteiger partial charge in [0.15, 0.2) is 11.6 Å². The first kappa shape index (κ1) is 27.2. The number of sulfonamides is 1. The Morgan fingerprint density at radius 1 is 1.06 bits per heavy atom. The Balaban J connectivity index is 2.35. The maximum Gasteiger partial charge on any atom is 0.244 e. The maximum absolute atomic E-state index is 13.8. The molecule has 34 heavy (non-hydrogen) atoms. The molecule has 0 fully saturated rings. The van der Waals surface area contributed by atoms with Gasteiger partial charge in [-0.1, -0.05) is 43.2 Å². The molecular weight excluding hydrogens is 464 g/mol. The molecule has 2 aromatic carbocycles. The molecule has 0 aliphatic heterocycles. The van der Waals surface area contributed by atoms with E-state index in [2.05, 4.69) is 5.32 Å². The second kappa shape index (κ2) is 11.9. The number of benzene rings is 2. The van der Waals surface area contributed by atoms with Crippen LogP contribution in [0.1, 0.15) is 37.8 Å². The Hall–Kier alpha value is -3.01. The van der Waals surface area contributed by atoms with Crippen LogP contribution in [0.2, 0.25) is 0 Å². The minimum absolute atomic E-state index is 0.0663. The minimum Gasteiger partial charge on any atom is -0.354 e. The summed E-state index contributed by atoms with van der Waals surface area (Å²) < 4.78 is 52.7. The SMILES string of the molecule is CCCCNC(=O)C(C)N(Cc1ccc(C)cc1)C(=O)CN(c1ccc(F)c(F)c1)S(C)(=O)=O. The van der Waals surface area contributed by atoms with Crippen molar-refractivity contribution in [1.29, 1.82) is 0 Å². The molecule has 0 aliphatic carbocycles. The lowest BCUT2D eigenvalue weighted by Crippen LogP contribution is -2.51. The van der Waals surface area contributed by atoms with E-state index in [1.165, 1.54) is 4.90 Å². The molecule has 0 heterocycles. The third-order valence-corrected chi connectivity index (χ3v) is 6.48. The zero-order valence-corrected chi connectivity index (χ0v) is 20.7. The average molecular weight is 496 g/mol. The van der Waals surface area contributed by atoms with Crippen molar-refractivity contribution in [2.45, 2.75) is 46.2 Å². The van der Waals surface area contributed by atoms with Gasteiger partial charge in [-0.15, -0.1) is 0 Å². The van der Waals surface area contributed by atoms with Crippen LogP contribution in [0.3, 0.4) is 0 Å². The molecule has 2 aromatic rings. The van der Waals surface area contributed by atoms with Gasteiger partial charge in [0.2, 0.25) is 21.8 Å². The van der Waals surface area contributed by atoms with Crippen molar-refractivity contribution < 1.29 is 26.8 Å². The average Bonchev–Trinajstić information content (AvgIpc) is 2.77. The van der Waals surface area contributed by atoms with Gasteiger partial charge in [0.1, 0.15) is 12.6 Å². The predicted molar refractivity (Wildman–Crippen MR) is 128 cm³/mol. The normalized spacial score (nSPS) is 12.2. The molecule has 0 aliphatic rings. The summed E-state index contributed by atoms with van der Waals surface area (Å²) in [4.78, 5) is 27.3. The fourth-order valence-corrected chi connectivity index (χ4v) is 4.10. The van der Waals surface area contributed by atoms with Crippen LogP contribution in [0.15, 0.2) is 42.5 Å². The number of hydrogen-bond acceptors (Lipinski definition) is 4. The lowest BCUT2D eigenvalue weighted by molar-refractivity contribution is -0.139. The molecule has 2 rings (SSSR count). The van der Waals surface area contributed by atoms with Crippen LogP contribution in [-0.4, -0.2) is 50.5 Å². The van der Waals surface area contributed by atoms with Gasteiger partial charge in [-0.2, -0.15) is 0 Å². The molecule has 0 saturated carbocycles. The molecule has 1 atom stereocenters. The number of rotatable bonds is 11. The molecular formula is C24H31F2N3O4S. The van der Waals surface area contributed by atoms with Crippen molar-refractivity contribution in [3.05, 3.63) is 65.2 Å². The lowest BCUT2D eigenvalue weighted by Gasteiger charge is -2.31. The van der Waals surface area contributed by atoms with Crippen molar-refractivity contribution in [2.24, 2.45) is 0 Å². The molecule has 0 spiro atoms. The molecule has 0 saturated heterocycles. The van der Waals surface area contributed by atoms with Gasteiger partial charge in [-0.05, 0) is 38.0 Å². The van der Waals surface area contributed by atoms with Crippen molar-refractivity contribution in [3.63, 3.8) is 0 Å². The molecule has 0 aromatic heterocycles. The lowest BCUT2D eigenvalue weighted by atomic mass is 10.1. The van der Waals surface area contributed by atoms with Crippen molar-refractivity contribution in [2.75, 3.05) is 23.7 Å². The van der Waals surface area contributed by atoms with E-state index in [4.69, 9.17) is 0 Å². The van der Waals surface area contributed by atoms with E-state index in [0.717, 1.165) is 48.4 Å². The number of anilines is 1. The Kier molecular flexibility index (Phi) is 9.55. The highest BCUT2D eigenvalue weighted by Crippen LogP contribution is 2.21. The van der Waals surface area contributed by atoms with Gasteiger partial charge in [-0.3, -0.25) is 13.9 Å². The zero-order valence-electron chi connectivity index (χ0n) is 19.8. The van der Waals surface area contributed by atoms with Crippen LogP contribution in [0, 0.1) is 18.6 Å². The number of hydrogen-bond donors (Lipinski definition) is 1. The van der Waals surface area contributed by atoms with E-state index in [-0.39, 0.29) is 18.1 Å². The number of nitrogens with one attached hydrogen (secondary N) is 1. The van der Waals surface area contributed by atoms with Gasteiger partial charge in [-0.25, -0.2) is 17.2 Å². The van der Waals surface area contributed by atoms with Crippen LogP contribution < -0.4 is 9.62 Å². The third-order valence-electron chi connectivity index (χ3n) is 5.34. The van der Waals surface area contributed by atoms with E-state index in [1.54, 1.807) is 6.92 Å². The molecule has 10 heteroatoms. The highest BCUT2D eigenvalue weighted by atomic mass is 32.2. The monoisotopic (exact) mass is 495 g/mol. The standard InChI is InChI=1S/C24H31F2N3O4S/c1-5-6-13-27-24(31)18(3)28(15-19-9-7-17(2)8-10-19)23(30)16-29(34(4,32)33)20-11-12-21(25)22(26)14-20/h7-12,14,18H,5-6,13,15-16H2,1-4H3,(H,27,31). The van der Waals surface area contributed by atoms with Gasteiger partial charge < -0.3 is 10.2 Å². The Bertz CT molecular complexity index is 1110. The largest absolute Gasteiger partial charge is 0.354 e. The molecule has 7 nitrogen and oxygen atoms in total. The second-order valence-corrected chi connectivity index (χ2v) is 10.1. The van der Waals surface area contributed by atoms with Crippen molar-refractivity contribution in [1.82, 2.24) is 10.2 Å². The molecule has 1 N–H and O–H groups in total. The molecule has 2 amide bonds. The summed E-state index contributed by atoms with van der Waals surface area (Å²) in [5.74, 6) is -3.40. The van der Waals surface area contributed by atoms with Crippen LogP contribution in [-0.2, 0) is 26.2 Å². The van der Waals surface area contributed by atoms with Gasteiger partial charge >= 0.3 is 0 Å². The van der Waals surface area contributed by atoms with E-state index >= 15 is 0 Å². The second-order valence-electron chi connectivity index (χ2n) is 8.20. The fraction of sp³-hybridized carbons (Fsp3) is 0.417. The highest BCUT2D eigenvalue weighted by molar-refractivity contribution is 7.92. The quantitative estimate of drug-likeness (QED) is 0.485. The number of halogens is 2. The number of unbranched alkanes of at least 4 members (excludes halogenated alkanes) is 1. The predicted octanol–water partition coefficient (Wildman–Crippen LogP) is 3.37. The number of nitrogens with zero attached hydrogens (tertiary/aromatic N) is 2. The number of carbonyl (C=O) groups excluding carboxylic acids is 2. The van der Waals surface area contributed by atoms with E-state index in [1.807, 2.05) is 38.1 Å². The summed E-state index contributed by atoms with van der Waals surface area (Å²) in [6, 6.07) is 9.08. The van der Waals surface area contributed by atoms with E-state index in [9.17, 15) is 26.8 Å². The zero-order chi connectivity index (χ0) is 25.5. The Labute approximate surface area is 199 Å². The summed E-state index contributed by atoms with van der Waals surface area (Å²) >= 11 is 0. The van der Waals surface area contributed by atoms with Crippen molar-refractivity contribution in [3.8, 4) is 0 Å². The first-order chi connectivity index (χ1) is 15.9. The van der Waals surface area contributed by atoms with Crippen LogP contribution in [0.25, 0.3) is 0 Å². The summed E-state index contributed by atoms with van der Waals surface area (Å²) in [7, 11) is -4.02. The molecule has 0 radical (unpaired) electrons. The number of carbonyl (C=O) groups is 2. The first-order valence-electron chi connectivity index (χ1n) is 11.0. The molecule has 186 valence electrons. The first-order valence-corrected chi connectivity index (χ1v) is 12.8. The van der Waals surface area contributed by atoms with Gasteiger partial charge in [0, 0.05) is 19.2 Å². The van der Waals surface area contributed by atoms with Crippen LogP contribution in [0.4, 0.5) is 14.5 Å². The highest BCUT2D eigenvalue weighted by Gasteiger charge is 2.30. The van der Waals surface area contributed by atoms with E-state index in [0.29, 0.717) is 10.8 Å². The Morgan fingerprint density at radius 2 is 1.71 bits per heavy atom. The number of amides is 2. The minimum atomic E-state index is -4.02. The van der Waals surface area contributed by atoms with Gasteiger partial charge in [0.05, 0.1) is 11.9 Å². The van der Waals surface area contributed by atoms with Crippen LogP contribution >= 0.6 is 0 Å². The summed E-state index contributed by atoms with van der Waals surface area (Å²) in [6.45, 7) is 5.31. The number of aryl methyl sites for hydroxylation is 1. The summed E-state index contributed by atoms with van der Waals surface area (Å²) in [6.07, 6.45) is 2.54. The fourth-order valence-electron chi connectivity index (χ4n) is 3.26. The van der Waals surface area contributed by atoms with Crippen molar-refractivity contribution >= 4 is 27.5 Å². The Morgan fingerprint density at radius 3 is 2.26 bits per heavy atom. The van der Waals surface area contributed by atoms with Gasteiger partial charge in [0.25, 0.3) is 0 Å². The topological polar surface area (TPSA) is 86.8 Å². The summed E-state index contributed by atoms with van der Waals surface area (Å²) in [5.41, 5.74) is 1.59. The molecule has 0 bridgehead atoms. The molecule has 1 unspecified atom stereocenters. The third kappa shape index (κ3) is 7.51. The summed E-state index contributed by atoms with van der Waals surface area (Å²) in [5, 5.41) is 2.79.